The molecule has 4 aromatic rings. The number of carboxylic acids is 1. The molecule has 0 saturated carbocycles. The highest BCUT2D eigenvalue weighted by atomic mass is 32.3. The Hall–Kier alpha value is -5.39. The molecule has 262 valence electrons. The molecule has 16 nitrogen and oxygen atoms in total. The number of pyridine rings is 1. The predicted octanol–water partition coefficient (Wildman–Crippen LogP) is 4.69. The molecular weight excluding hydrogens is 658 g/mol. The monoisotopic (exact) mass is 697 g/mol. The summed E-state index contributed by atoms with van der Waals surface area (Å²) in [6, 6.07) is 17.9. The Labute approximate surface area is 283 Å². The van der Waals surface area contributed by atoms with Crippen molar-refractivity contribution in [2.75, 3.05) is 23.4 Å². The Morgan fingerprint density at radius 1 is 1.04 bits per heavy atom. The number of benzene rings is 2. The molecule has 5 N–H and O–H groups in total. The number of hydrogen-bond acceptors (Lipinski definition) is 10. The first-order valence-corrected chi connectivity index (χ1v) is 16.6. The number of aliphatic carboxylic acids is 1. The molecule has 4 rings (SSSR count). The van der Waals surface area contributed by atoms with Crippen LogP contribution in [0, 0.1) is 0 Å². The van der Waals surface area contributed by atoms with Crippen LogP contribution in [0.1, 0.15) is 60.8 Å². The smallest absolute Gasteiger partial charge is 0.427 e. The van der Waals surface area contributed by atoms with Crippen molar-refractivity contribution >= 4 is 57.1 Å². The fourth-order valence-corrected chi connectivity index (χ4v) is 4.49. The zero-order valence-corrected chi connectivity index (χ0v) is 27.8. The molecular formula is C32H39N7O9S. The summed E-state index contributed by atoms with van der Waals surface area (Å²) in [5, 5.41) is 16.5. The molecule has 0 aliphatic heterocycles. The minimum absolute atomic E-state index is 0.00645. The largest absolute Gasteiger partial charge is 0.481 e. The van der Waals surface area contributed by atoms with Crippen LogP contribution in [0.5, 0.6) is 0 Å². The first-order valence-electron chi connectivity index (χ1n) is 15.3. The van der Waals surface area contributed by atoms with E-state index in [0.29, 0.717) is 30.0 Å². The average molecular weight is 698 g/mol. The maximum atomic E-state index is 13.4. The topological polar surface area (TPSA) is 226 Å². The number of carbonyl (C=O) groups is 3. The molecule has 0 radical (unpaired) electrons. The van der Waals surface area contributed by atoms with Crippen molar-refractivity contribution in [1.29, 1.82) is 0 Å². The SMILES string of the molecule is CCCCCCOC(=O)NN=Cc1ccc(NCc2nc3cc(C(=O)N(CCC(=O)O)c4ccccn4)ccc3n2C)cc1.O=S(=O)(O)O. The van der Waals surface area contributed by atoms with E-state index in [4.69, 9.17) is 27.2 Å². The molecule has 49 heavy (non-hydrogen) atoms. The zero-order valence-electron chi connectivity index (χ0n) is 27.0. The van der Waals surface area contributed by atoms with Gasteiger partial charge < -0.3 is 19.7 Å². The van der Waals surface area contributed by atoms with Crippen molar-refractivity contribution < 1.29 is 41.8 Å². The van der Waals surface area contributed by atoms with E-state index in [1.807, 2.05) is 41.9 Å². The van der Waals surface area contributed by atoms with Crippen molar-refractivity contribution in [2.24, 2.45) is 12.1 Å². The van der Waals surface area contributed by atoms with Gasteiger partial charge in [0.2, 0.25) is 0 Å². The lowest BCUT2D eigenvalue weighted by Gasteiger charge is -2.21. The number of aromatic nitrogens is 3. The van der Waals surface area contributed by atoms with Gasteiger partial charge in [-0.15, -0.1) is 0 Å². The predicted molar refractivity (Wildman–Crippen MR) is 183 cm³/mol. The number of ether oxygens (including phenoxy) is 1. The van der Waals surface area contributed by atoms with Crippen LogP contribution in [0.3, 0.4) is 0 Å². The minimum atomic E-state index is -4.67. The van der Waals surface area contributed by atoms with Crippen LogP contribution in [-0.4, -0.2) is 74.5 Å². The quantitative estimate of drug-likeness (QED) is 0.0494. The lowest BCUT2D eigenvalue weighted by Crippen LogP contribution is -2.33. The van der Waals surface area contributed by atoms with Crippen molar-refractivity contribution in [3.8, 4) is 0 Å². The molecule has 2 aromatic heterocycles. The second-order valence-corrected chi connectivity index (χ2v) is 11.5. The number of aryl methyl sites for hydroxylation is 1. The summed E-state index contributed by atoms with van der Waals surface area (Å²) < 4.78 is 38.6. The van der Waals surface area contributed by atoms with Gasteiger partial charge in [0.15, 0.2) is 0 Å². The first kappa shape index (κ1) is 38.1. The second kappa shape index (κ2) is 18.8. The van der Waals surface area contributed by atoms with Crippen LogP contribution in [-0.2, 0) is 33.5 Å². The van der Waals surface area contributed by atoms with Gasteiger partial charge >= 0.3 is 22.5 Å². The van der Waals surface area contributed by atoms with E-state index in [-0.39, 0.29) is 18.9 Å². The number of carbonyl (C=O) groups excluding carboxylic acids is 2. The second-order valence-electron chi connectivity index (χ2n) is 10.6. The summed E-state index contributed by atoms with van der Waals surface area (Å²) in [5.74, 6) is -0.203. The standard InChI is InChI=1S/C32H37N7O5.H2O4S/c1-3-4-5-8-19-44-32(43)37-35-21-23-10-13-25(14-11-23)34-22-29-36-26-20-24(12-15-27(26)38(29)2)31(42)39(18-16-30(40)41)28-9-6-7-17-33-28;1-5(2,3)4/h6-7,9-15,17,20-21,34H,3-5,8,16,18-19,22H2,1-2H3,(H,37,43)(H,40,41);(H2,1,2,3,4). The van der Waals surface area contributed by atoms with Crippen LogP contribution >= 0.6 is 0 Å². The van der Waals surface area contributed by atoms with Crippen molar-refractivity contribution in [2.45, 2.75) is 45.6 Å². The van der Waals surface area contributed by atoms with Gasteiger partial charge in [0.05, 0.1) is 36.8 Å². The van der Waals surface area contributed by atoms with Gasteiger partial charge in [0, 0.05) is 31.0 Å². The maximum absolute atomic E-state index is 13.4. The molecule has 2 amide bonds. The van der Waals surface area contributed by atoms with Crippen molar-refractivity contribution in [1.82, 2.24) is 20.0 Å². The lowest BCUT2D eigenvalue weighted by atomic mass is 10.1. The van der Waals surface area contributed by atoms with Gasteiger partial charge in [-0.25, -0.2) is 20.2 Å². The van der Waals surface area contributed by atoms with E-state index >= 15 is 0 Å². The Bertz CT molecular complexity index is 1820. The molecule has 0 atom stereocenters. The number of imidazole rings is 1. The van der Waals surface area contributed by atoms with Gasteiger partial charge in [-0.05, 0) is 54.4 Å². The maximum Gasteiger partial charge on any atom is 0.427 e. The minimum Gasteiger partial charge on any atom is -0.481 e. The summed E-state index contributed by atoms with van der Waals surface area (Å²) in [5.41, 5.74) is 5.93. The number of nitrogens with one attached hydrogen (secondary N) is 2. The highest BCUT2D eigenvalue weighted by Crippen LogP contribution is 2.21. The van der Waals surface area contributed by atoms with Gasteiger partial charge in [-0.1, -0.05) is 44.4 Å². The number of anilines is 2. The third kappa shape index (κ3) is 13.3. The first-order chi connectivity index (χ1) is 23.4. The van der Waals surface area contributed by atoms with Crippen LogP contribution in [0.2, 0.25) is 0 Å². The summed E-state index contributed by atoms with van der Waals surface area (Å²) >= 11 is 0. The molecule has 0 unspecified atom stereocenters. The third-order valence-corrected chi connectivity index (χ3v) is 6.90. The number of hydrogen-bond donors (Lipinski definition) is 5. The number of amides is 2. The lowest BCUT2D eigenvalue weighted by molar-refractivity contribution is -0.136. The number of unbranched alkanes of at least 4 members (excludes halogenated alkanes) is 3. The summed E-state index contributed by atoms with van der Waals surface area (Å²) in [6.45, 7) is 2.94. The van der Waals surface area contributed by atoms with Crippen LogP contribution in [0.15, 0.2) is 72.0 Å². The molecule has 0 aliphatic carbocycles. The van der Waals surface area contributed by atoms with Crippen molar-refractivity contribution in [3.63, 3.8) is 0 Å². The van der Waals surface area contributed by atoms with Crippen LogP contribution < -0.4 is 15.6 Å². The Kier molecular flexibility index (Phi) is 14.6. The molecule has 0 aliphatic rings. The van der Waals surface area contributed by atoms with E-state index in [1.165, 1.54) is 4.90 Å². The zero-order chi connectivity index (χ0) is 35.8. The third-order valence-electron chi connectivity index (χ3n) is 6.90. The van der Waals surface area contributed by atoms with E-state index in [2.05, 4.69) is 27.8 Å². The summed E-state index contributed by atoms with van der Waals surface area (Å²) in [7, 11) is -2.76. The Balaban J connectivity index is 0.00000121. The number of carboxylic acid groups (broad SMARTS) is 1. The molecule has 17 heteroatoms. The molecule has 0 fully saturated rings. The van der Waals surface area contributed by atoms with Gasteiger partial charge in [-0.2, -0.15) is 13.5 Å². The summed E-state index contributed by atoms with van der Waals surface area (Å²) in [4.78, 5) is 46.7. The molecule has 0 saturated heterocycles. The number of fused-ring (bicyclic) bond motifs is 1. The van der Waals surface area contributed by atoms with Crippen molar-refractivity contribution in [3.05, 3.63) is 83.8 Å². The highest BCUT2D eigenvalue weighted by molar-refractivity contribution is 7.79. The van der Waals surface area contributed by atoms with E-state index in [0.717, 1.165) is 48.3 Å². The molecule has 2 heterocycles. The summed E-state index contributed by atoms with van der Waals surface area (Å²) in [6.07, 6.45) is 6.46. The average Bonchev–Trinajstić information content (AvgIpc) is 3.38. The molecule has 0 bridgehead atoms. The highest BCUT2D eigenvalue weighted by Gasteiger charge is 2.21. The Morgan fingerprint density at radius 3 is 2.43 bits per heavy atom. The molecule has 2 aromatic carbocycles. The fourth-order valence-electron chi connectivity index (χ4n) is 4.49. The number of hydrazone groups is 1. The van der Waals surface area contributed by atoms with E-state index in [9.17, 15) is 19.5 Å². The fraction of sp³-hybridized carbons (Fsp3) is 0.312. The van der Waals surface area contributed by atoms with Crippen LogP contribution in [0.4, 0.5) is 16.3 Å². The van der Waals surface area contributed by atoms with E-state index in [1.54, 1.807) is 42.7 Å². The molecule has 0 spiro atoms. The van der Waals surface area contributed by atoms with E-state index < -0.39 is 22.5 Å². The number of rotatable bonds is 15. The van der Waals surface area contributed by atoms with Gasteiger partial charge in [-0.3, -0.25) is 23.6 Å². The number of nitrogens with zero attached hydrogens (tertiary/aromatic N) is 5. The van der Waals surface area contributed by atoms with Crippen LogP contribution in [0.25, 0.3) is 11.0 Å². The normalized spacial score (nSPS) is 11.1. The Morgan fingerprint density at radius 2 is 1.78 bits per heavy atom. The van der Waals surface area contributed by atoms with Gasteiger partial charge in [0.1, 0.15) is 11.6 Å². The van der Waals surface area contributed by atoms with Gasteiger partial charge in [0.25, 0.3) is 5.91 Å².